The Balaban J connectivity index is 1.51. The van der Waals surface area contributed by atoms with Crippen LogP contribution in [0.2, 0.25) is 0 Å². The maximum absolute atomic E-state index is 13.8. The molecule has 1 saturated heterocycles. The summed E-state index contributed by atoms with van der Waals surface area (Å²) in [6, 6.07) is 14.1. The van der Waals surface area contributed by atoms with E-state index in [2.05, 4.69) is 15.9 Å². The number of para-hydroxylation sites is 1. The van der Waals surface area contributed by atoms with Gasteiger partial charge in [-0.3, -0.25) is 4.79 Å². The number of hydrogen-bond acceptors (Lipinski definition) is 3. The van der Waals surface area contributed by atoms with Crippen LogP contribution in [-0.2, 0) is 4.79 Å². The quantitative estimate of drug-likeness (QED) is 0.799. The van der Waals surface area contributed by atoms with E-state index in [-0.39, 0.29) is 18.3 Å². The highest BCUT2D eigenvalue weighted by Crippen LogP contribution is 2.21. The van der Waals surface area contributed by atoms with Crippen molar-refractivity contribution in [3.63, 3.8) is 0 Å². The summed E-state index contributed by atoms with van der Waals surface area (Å²) in [5, 5.41) is 0. The Morgan fingerprint density at radius 2 is 1.83 bits per heavy atom. The van der Waals surface area contributed by atoms with E-state index in [1.165, 1.54) is 6.07 Å². The zero-order valence-corrected chi connectivity index (χ0v) is 14.7. The molecule has 0 unspecified atom stereocenters. The fraction of sp³-hybridized carbons (Fsp3) is 0.278. The van der Waals surface area contributed by atoms with E-state index < -0.39 is 0 Å². The molecule has 126 valence electrons. The monoisotopic (exact) mass is 392 g/mol. The van der Waals surface area contributed by atoms with Gasteiger partial charge in [0.25, 0.3) is 5.91 Å². The number of halogens is 2. The van der Waals surface area contributed by atoms with Crippen molar-refractivity contribution < 1.29 is 13.9 Å². The first-order chi connectivity index (χ1) is 11.6. The van der Waals surface area contributed by atoms with Crippen molar-refractivity contribution in [3.05, 3.63) is 58.8 Å². The van der Waals surface area contributed by atoms with Crippen LogP contribution in [-0.4, -0.2) is 43.6 Å². The normalized spacial score (nSPS) is 14.6. The Kier molecular flexibility index (Phi) is 5.35. The molecule has 0 N–H and O–H groups in total. The van der Waals surface area contributed by atoms with Gasteiger partial charge in [-0.05, 0) is 30.3 Å². The molecule has 0 atom stereocenters. The van der Waals surface area contributed by atoms with Gasteiger partial charge in [0.1, 0.15) is 11.6 Å². The van der Waals surface area contributed by atoms with E-state index in [4.69, 9.17) is 4.74 Å². The molecule has 1 amide bonds. The van der Waals surface area contributed by atoms with E-state index in [1.54, 1.807) is 17.0 Å². The smallest absolute Gasteiger partial charge is 0.260 e. The van der Waals surface area contributed by atoms with Crippen LogP contribution in [0.1, 0.15) is 0 Å². The predicted molar refractivity (Wildman–Crippen MR) is 94.8 cm³/mol. The Bertz CT molecular complexity index is 718. The van der Waals surface area contributed by atoms with E-state index in [9.17, 15) is 9.18 Å². The second-order valence-corrected chi connectivity index (χ2v) is 6.48. The number of carbonyl (C=O) groups is 1. The van der Waals surface area contributed by atoms with Crippen molar-refractivity contribution in [1.29, 1.82) is 0 Å². The molecule has 0 radical (unpaired) electrons. The molecular formula is C18H18BrFN2O2. The van der Waals surface area contributed by atoms with Crippen molar-refractivity contribution in [2.45, 2.75) is 0 Å². The molecule has 0 spiro atoms. The molecule has 1 heterocycles. The summed E-state index contributed by atoms with van der Waals surface area (Å²) < 4.78 is 20.3. The SMILES string of the molecule is O=C(COc1cccc(Br)c1)N1CCN(c2ccccc2F)CC1. The topological polar surface area (TPSA) is 32.8 Å². The minimum atomic E-state index is -0.227. The number of rotatable bonds is 4. The third kappa shape index (κ3) is 4.06. The number of amides is 1. The number of hydrogen-bond donors (Lipinski definition) is 0. The summed E-state index contributed by atoms with van der Waals surface area (Å²) in [6.07, 6.45) is 0. The van der Waals surface area contributed by atoms with Gasteiger partial charge < -0.3 is 14.5 Å². The first-order valence-electron chi connectivity index (χ1n) is 7.79. The summed E-state index contributed by atoms with van der Waals surface area (Å²) in [4.78, 5) is 16.0. The summed E-state index contributed by atoms with van der Waals surface area (Å²) in [6.45, 7) is 2.37. The van der Waals surface area contributed by atoms with E-state index in [1.807, 2.05) is 35.2 Å². The Morgan fingerprint density at radius 1 is 1.08 bits per heavy atom. The molecule has 2 aromatic carbocycles. The fourth-order valence-electron chi connectivity index (χ4n) is 2.70. The third-order valence-electron chi connectivity index (χ3n) is 3.98. The second kappa shape index (κ2) is 7.66. The van der Waals surface area contributed by atoms with Gasteiger partial charge in [0.2, 0.25) is 0 Å². The van der Waals surface area contributed by atoms with Gasteiger partial charge in [0, 0.05) is 30.7 Å². The van der Waals surface area contributed by atoms with Gasteiger partial charge >= 0.3 is 0 Å². The van der Waals surface area contributed by atoms with Crippen LogP contribution in [0.3, 0.4) is 0 Å². The van der Waals surface area contributed by atoms with Crippen LogP contribution in [0.15, 0.2) is 53.0 Å². The summed E-state index contributed by atoms with van der Waals surface area (Å²) in [5.41, 5.74) is 0.593. The highest BCUT2D eigenvalue weighted by molar-refractivity contribution is 9.10. The Labute approximate surface area is 149 Å². The highest BCUT2D eigenvalue weighted by atomic mass is 79.9. The molecule has 1 aliphatic rings. The Hall–Kier alpha value is -2.08. The van der Waals surface area contributed by atoms with E-state index in [0.717, 1.165) is 4.47 Å². The number of carbonyl (C=O) groups excluding carboxylic acids is 1. The van der Waals surface area contributed by atoms with Gasteiger partial charge in [0.15, 0.2) is 6.61 Å². The lowest BCUT2D eigenvalue weighted by molar-refractivity contribution is -0.133. The number of benzene rings is 2. The summed E-state index contributed by atoms with van der Waals surface area (Å²) in [7, 11) is 0. The molecule has 3 rings (SSSR count). The second-order valence-electron chi connectivity index (χ2n) is 5.57. The number of ether oxygens (including phenoxy) is 1. The summed E-state index contributed by atoms with van der Waals surface area (Å²) in [5.74, 6) is 0.376. The first-order valence-corrected chi connectivity index (χ1v) is 8.58. The number of piperazine rings is 1. The zero-order valence-electron chi connectivity index (χ0n) is 13.1. The number of nitrogens with zero attached hydrogens (tertiary/aromatic N) is 2. The fourth-order valence-corrected chi connectivity index (χ4v) is 3.08. The molecule has 1 aliphatic heterocycles. The molecule has 1 fully saturated rings. The zero-order chi connectivity index (χ0) is 16.9. The minimum Gasteiger partial charge on any atom is -0.484 e. The van der Waals surface area contributed by atoms with Crippen LogP contribution in [0.25, 0.3) is 0 Å². The van der Waals surface area contributed by atoms with Crippen LogP contribution in [0, 0.1) is 5.82 Å². The molecule has 4 nitrogen and oxygen atoms in total. The Morgan fingerprint density at radius 3 is 2.54 bits per heavy atom. The maximum atomic E-state index is 13.8. The standard InChI is InChI=1S/C18H18BrFN2O2/c19-14-4-3-5-15(12-14)24-13-18(23)22-10-8-21(9-11-22)17-7-2-1-6-16(17)20/h1-7,12H,8-11,13H2. The average molecular weight is 393 g/mol. The van der Waals surface area contributed by atoms with Gasteiger partial charge in [-0.15, -0.1) is 0 Å². The van der Waals surface area contributed by atoms with Crippen molar-refractivity contribution in [2.75, 3.05) is 37.7 Å². The van der Waals surface area contributed by atoms with Crippen molar-refractivity contribution in [3.8, 4) is 5.75 Å². The molecule has 6 heteroatoms. The molecule has 0 aromatic heterocycles. The first kappa shape index (κ1) is 16.8. The van der Waals surface area contributed by atoms with Crippen molar-refractivity contribution in [1.82, 2.24) is 4.90 Å². The maximum Gasteiger partial charge on any atom is 0.260 e. The van der Waals surface area contributed by atoms with Crippen LogP contribution < -0.4 is 9.64 Å². The number of anilines is 1. The summed E-state index contributed by atoms with van der Waals surface area (Å²) >= 11 is 3.37. The van der Waals surface area contributed by atoms with Crippen molar-refractivity contribution in [2.24, 2.45) is 0 Å². The lowest BCUT2D eigenvalue weighted by Gasteiger charge is -2.36. The molecular weight excluding hydrogens is 375 g/mol. The van der Waals surface area contributed by atoms with E-state index >= 15 is 0 Å². The highest BCUT2D eigenvalue weighted by Gasteiger charge is 2.22. The predicted octanol–water partition coefficient (Wildman–Crippen LogP) is 3.32. The van der Waals surface area contributed by atoms with Crippen LogP contribution in [0.4, 0.5) is 10.1 Å². The minimum absolute atomic E-state index is 0.0101. The van der Waals surface area contributed by atoms with Gasteiger partial charge in [-0.2, -0.15) is 0 Å². The van der Waals surface area contributed by atoms with Gasteiger partial charge in [-0.1, -0.05) is 34.1 Å². The van der Waals surface area contributed by atoms with E-state index in [0.29, 0.717) is 37.6 Å². The van der Waals surface area contributed by atoms with Crippen molar-refractivity contribution >= 4 is 27.5 Å². The van der Waals surface area contributed by atoms with Gasteiger partial charge in [-0.25, -0.2) is 4.39 Å². The van der Waals surface area contributed by atoms with Gasteiger partial charge in [0.05, 0.1) is 5.69 Å². The van der Waals surface area contributed by atoms with Crippen LogP contribution >= 0.6 is 15.9 Å². The molecule has 2 aromatic rings. The third-order valence-corrected chi connectivity index (χ3v) is 4.48. The van der Waals surface area contributed by atoms with Crippen LogP contribution in [0.5, 0.6) is 5.75 Å². The lowest BCUT2D eigenvalue weighted by Crippen LogP contribution is -2.50. The molecule has 0 saturated carbocycles. The lowest BCUT2D eigenvalue weighted by atomic mass is 10.2. The molecule has 0 aliphatic carbocycles. The molecule has 0 bridgehead atoms. The largest absolute Gasteiger partial charge is 0.484 e. The average Bonchev–Trinajstić information content (AvgIpc) is 2.60. The molecule has 24 heavy (non-hydrogen) atoms.